The van der Waals surface area contributed by atoms with Crippen molar-refractivity contribution in [3.63, 3.8) is 0 Å². The summed E-state index contributed by atoms with van der Waals surface area (Å²) in [5, 5.41) is 9.70. The van der Waals surface area contributed by atoms with Gasteiger partial charge in [-0.15, -0.1) is 0 Å². The van der Waals surface area contributed by atoms with Gasteiger partial charge >= 0.3 is 0 Å². The molecule has 90 valence electrons. The fourth-order valence-electron chi connectivity index (χ4n) is 1.81. The van der Waals surface area contributed by atoms with E-state index in [1.807, 2.05) is 6.07 Å². The smallest absolute Gasteiger partial charge is 0.213 e. The number of hydrogen-bond donors (Lipinski definition) is 1. The molecule has 0 saturated heterocycles. The number of benzene rings is 1. The molecule has 0 unspecified atom stereocenters. The zero-order chi connectivity index (χ0) is 12.3. The van der Waals surface area contributed by atoms with Crippen LogP contribution in [-0.4, -0.2) is 23.8 Å². The number of methoxy groups -OCH3 is 1. The summed E-state index contributed by atoms with van der Waals surface area (Å²) in [4.78, 5) is 4.26. The standard InChI is InChI=1S/C13H14FNO2/c1-17-12-7-5-9-4-6-11(14)10(3-2-8-16)13(9)15-12/h4-7,16H,2-3,8H2,1H3. The lowest BCUT2D eigenvalue weighted by atomic mass is 10.0. The van der Waals surface area contributed by atoms with Crippen molar-refractivity contribution in [1.82, 2.24) is 4.98 Å². The first-order valence-corrected chi connectivity index (χ1v) is 5.49. The van der Waals surface area contributed by atoms with Gasteiger partial charge in [-0.1, -0.05) is 0 Å². The molecule has 0 spiro atoms. The number of fused-ring (bicyclic) bond motifs is 1. The minimum atomic E-state index is -0.285. The Labute approximate surface area is 98.9 Å². The van der Waals surface area contributed by atoms with Crippen LogP contribution in [0.25, 0.3) is 10.9 Å². The van der Waals surface area contributed by atoms with Gasteiger partial charge in [0.1, 0.15) is 5.82 Å². The van der Waals surface area contributed by atoms with Gasteiger partial charge in [-0.2, -0.15) is 0 Å². The molecular weight excluding hydrogens is 221 g/mol. The first kappa shape index (κ1) is 11.8. The molecule has 3 nitrogen and oxygen atoms in total. The van der Waals surface area contributed by atoms with Gasteiger partial charge in [-0.25, -0.2) is 9.37 Å². The van der Waals surface area contributed by atoms with Gasteiger partial charge in [0.2, 0.25) is 5.88 Å². The molecule has 0 bridgehead atoms. The summed E-state index contributed by atoms with van der Waals surface area (Å²) >= 11 is 0. The summed E-state index contributed by atoms with van der Waals surface area (Å²) < 4.78 is 18.8. The molecule has 17 heavy (non-hydrogen) atoms. The van der Waals surface area contributed by atoms with Gasteiger partial charge in [-0.05, 0) is 31.0 Å². The predicted molar refractivity (Wildman–Crippen MR) is 63.7 cm³/mol. The van der Waals surface area contributed by atoms with Crippen molar-refractivity contribution >= 4 is 10.9 Å². The summed E-state index contributed by atoms with van der Waals surface area (Å²) in [6.07, 6.45) is 0.995. The van der Waals surface area contributed by atoms with Gasteiger partial charge in [0, 0.05) is 23.6 Å². The summed E-state index contributed by atoms with van der Waals surface area (Å²) in [5.74, 6) is 0.181. The van der Waals surface area contributed by atoms with Gasteiger partial charge in [0.15, 0.2) is 0 Å². The van der Waals surface area contributed by atoms with E-state index in [-0.39, 0.29) is 12.4 Å². The quantitative estimate of drug-likeness (QED) is 0.884. The molecular formula is C13H14FNO2. The van der Waals surface area contributed by atoms with E-state index in [2.05, 4.69) is 4.98 Å². The van der Waals surface area contributed by atoms with Crippen LogP contribution in [0, 0.1) is 5.82 Å². The fourth-order valence-corrected chi connectivity index (χ4v) is 1.81. The molecule has 2 aromatic rings. The molecule has 0 aliphatic rings. The van der Waals surface area contributed by atoms with Crippen molar-refractivity contribution in [2.45, 2.75) is 12.8 Å². The van der Waals surface area contributed by atoms with E-state index in [0.717, 1.165) is 5.39 Å². The Bertz CT molecular complexity index is 528. The first-order valence-electron chi connectivity index (χ1n) is 5.49. The molecule has 0 saturated carbocycles. The van der Waals surface area contributed by atoms with Crippen LogP contribution in [-0.2, 0) is 6.42 Å². The number of aromatic nitrogens is 1. The van der Waals surface area contributed by atoms with Crippen LogP contribution in [0.3, 0.4) is 0 Å². The number of halogens is 1. The molecule has 1 heterocycles. The lowest BCUT2D eigenvalue weighted by Crippen LogP contribution is -1.98. The van der Waals surface area contributed by atoms with Gasteiger partial charge in [0.25, 0.3) is 0 Å². The Morgan fingerprint density at radius 3 is 2.76 bits per heavy atom. The Morgan fingerprint density at radius 2 is 2.06 bits per heavy atom. The molecule has 0 aliphatic heterocycles. The highest BCUT2D eigenvalue weighted by Crippen LogP contribution is 2.23. The van der Waals surface area contributed by atoms with E-state index in [4.69, 9.17) is 9.84 Å². The Morgan fingerprint density at radius 1 is 1.29 bits per heavy atom. The van der Waals surface area contributed by atoms with Crippen LogP contribution < -0.4 is 4.74 Å². The average Bonchev–Trinajstić information content (AvgIpc) is 2.37. The van der Waals surface area contributed by atoms with Crippen molar-refractivity contribution in [2.24, 2.45) is 0 Å². The molecule has 1 aromatic heterocycles. The number of aryl methyl sites for hydroxylation is 1. The number of rotatable bonds is 4. The fraction of sp³-hybridized carbons (Fsp3) is 0.308. The Hall–Kier alpha value is -1.68. The topological polar surface area (TPSA) is 42.4 Å². The van der Waals surface area contributed by atoms with E-state index in [0.29, 0.717) is 29.8 Å². The average molecular weight is 235 g/mol. The van der Waals surface area contributed by atoms with E-state index < -0.39 is 0 Å². The third-order valence-corrected chi connectivity index (χ3v) is 2.68. The van der Waals surface area contributed by atoms with E-state index >= 15 is 0 Å². The number of hydrogen-bond acceptors (Lipinski definition) is 3. The molecule has 4 heteroatoms. The lowest BCUT2D eigenvalue weighted by molar-refractivity contribution is 0.288. The minimum absolute atomic E-state index is 0.0415. The second-order valence-corrected chi connectivity index (χ2v) is 3.78. The zero-order valence-corrected chi connectivity index (χ0v) is 9.61. The van der Waals surface area contributed by atoms with Crippen LogP contribution in [0.1, 0.15) is 12.0 Å². The summed E-state index contributed by atoms with van der Waals surface area (Å²) in [5.41, 5.74) is 1.15. The second kappa shape index (κ2) is 5.10. The zero-order valence-electron chi connectivity index (χ0n) is 9.61. The maximum Gasteiger partial charge on any atom is 0.213 e. The third-order valence-electron chi connectivity index (χ3n) is 2.68. The van der Waals surface area contributed by atoms with Crippen molar-refractivity contribution in [3.8, 4) is 5.88 Å². The number of pyridine rings is 1. The van der Waals surface area contributed by atoms with Crippen LogP contribution in [0.2, 0.25) is 0 Å². The number of aliphatic hydroxyl groups is 1. The Kier molecular flexibility index (Phi) is 3.54. The monoisotopic (exact) mass is 235 g/mol. The largest absolute Gasteiger partial charge is 0.481 e. The summed E-state index contributed by atoms with van der Waals surface area (Å²) in [6, 6.07) is 6.72. The van der Waals surface area contributed by atoms with Gasteiger partial charge in [0.05, 0.1) is 12.6 Å². The third kappa shape index (κ3) is 2.36. The lowest BCUT2D eigenvalue weighted by Gasteiger charge is -2.08. The number of aliphatic hydroxyl groups excluding tert-OH is 1. The highest BCUT2D eigenvalue weighted by atomic mass is 19.1. The summed E-state index contributed by atoms with van der Waals surface area (Å²) in [6.45, 7) is 0.0415. The van der Waals surface area contributed by atoms with Crippen LogP contribution >= 0.6 is 0 Å². The van der Waals surface area contributed by atoms with Crippen molar-refractivity contribution in [2.75, 3.05) is 13.7 Å². The van der Waals surface area contributed by atoms with Crippen LogP contribution in [0.4, 0.5) is 4.39 Å². The molecule has 0 fully saturated rings. The van der Waals surface area contributed by atoms with E-state index in [1.165, 1.54) is 13.2 Å². The molecule has 0 atom stereocenters. The number of nitrogens with zero attached hydrogens (tertiary/aromatic N) is 1. The van der Waals surface area contributed by atoms with Crippen molar-refractivity contribution in [1.29, 1.82) is 0 Å². The normalized spacial score (nSPS) is 10.8. The summed E-state index contributed by atoms with van der Waals surface area (Å²) in [7, 11) is 1.53. The highest BCUT2D eigenvalue weighted by Gasteiger charge is 2.09. The van der Waals surface area contributed by atoms with Crippen LogP contribution in [0.15, 0.2) is 24.3 Å². The van der Waals surface area contributed by atoms with Gasteiger partial charge < -0.3 is 9.84 Å². The van der Waals surface area contributed by atoms with E-state index in [1.54, 1.807) is 12.1 Å². The van der Waals surface area contributed by atoms with E-state index in [9.17, 15) is 4.39 Å². The van der Waals surface area contributed by atoms with Crippen LogP contribution in [0.5, 0.6) is 5.88 Å². The molecule has 0 amide bonds. The molecule has 2 rings (SSSR count). The highest BCUT2D eigenvalue weighted by molar-refractivity contribution is 5.82. The Balaban J connectivity index is 2.56. The maximum absolute atomic E-state index is 13.7. The molecule has 1 N–H and O–H groups in total. The number of ether oxygens (including phenoxy) is 1. The predicted octanol–water partition coefficient (Wildman–Crippen LogP) is 2.31. The second-order valence-electron chi connectivity index (χ2n) is 3.78. The van der Waals surface area contributed by atoms with Crippen molar-refractivity contribution in [3.05, 3.63) is 35.6 Å². The molecule has 1 aromatic carbocycles. The molecule has 0 radical (unpaired) electrons. The van der Waals surface area contributed by atoms with Gasteiger partial charge in [-0.3, -0.25) is 0 Å². The first-order chi connectivity index (χ1) is 8.26. The minimum Gasteiger partial charge on any atom is -0.481 e. The SMILES string of the molecule is COc1ccc2ccc(F)c(CCCO)c2n1. The molecule has 0 aliphatic carbocycles. The van der Waals surface area contributed by atoms with Crippen molar-refractivity contribution < 1.29 is 14.2 Å². The maximum atomic E-state index is 13.7.